The van der Waals surface area contributed by atoms with Crippen molar-refractivity contribution < 1.29 is 5.32 Å². The molecule has 0 spiro atoms. The van der Waals surface area contributed by atoms with Crippen LogP contribution in [0, 0.1) is 0 Å². The summed E-state index contributed by atoms with van der Waals surface area (Å²) in [4.78, 5) is 4.01. The van der Waals surface area contributed by atoms with Gasteiger partial charge in [0.2, 0.25) is 0 Å². The molecule has 0 amide bonds. The van der Waals surface area contributed by atoms with Crippen LogP contribution in [0.3, 0.4) is 0 Å². The molecule has 1 fully saturated rings. The molecular weight excluding hydrogens is 108 g/mol. The number of aliphatic imine (C=N–C) groups is 1. The third-order valence-electron chi connectivity index (χ3n) is 0.907. The molecule has 0 radical (unpaired) electrons. The number of nitrogens with two attached hydrogens (primary N) is 1. The molecule has 1 aliphatic rings. The Bertz CT molecular complexity index is 81.7. The van der Waals surface area contributed by atoms with E-state index >= 15 is 0 Å². The lowest BCUT2D eigenvalue weighted by Gasteiger charge is -1.81. The number of hydrogen-bond donors (Lipinski definition) is 1. The average molecular weight is 117 g/mol. The van der Waals surface area contributed by atoms with Gasteiger partial charge in [0.15, 0.2) is 0 Å². The van der Waals surface area contributed by atoms with E-state index in [1.165, 1.54) is 17.5 Å². The van der Waals surface area contributed by atoms with Crippen molar-refractivity contribution in [3.63, 3.8) is 0 Å². The van der Waals surface area contributed by atoms with Gasteiger partial charge in [-0.3, -0.25) is 5.32 Å². The third kappa shape index (κ3) is 1.17. The maximum atomic E-state index is 4.01. The van der Waals surface area contributed by atoms with Gasteiger partial charge < -0.3 is 0 Å². The fraction of sp³-hybridized carbons (Fsp3) is 0.750. The van der Waals surface area contributed by atoms with Crippen molar-refractivity contribution in [3.05, 3.63) is 0 Å². The highest BCUT2D eigenvalue weighted by Gasteiger charge is 2.10. The van der Waals surface area contributed by atoms with Gasteiger partial charge in [-0.25, -0.2) is 4.99 Å². The summed E-state index contributed by atoms with van der Waals surface area (Å²) in [6, 6.07) is 0. The molecule has 3 heteroatoms. The minimum Gasteiger partial charge on any atom is -0.291 e. The van der Waals surface area contributed by atoms with Gasteiger partial charge in [-0.1, -0.05) is 0 Å². The molecule has 0 aliphatic carbocycles. The maximum absolute atomic E-state index is 4.01. The minimum atomic E-state index is 1.21. The molecule has 0 aromatic carbocycles. The average Bonchev–Trinajstić information content (AvgIpc) is 2.14. The highest BCUT2D eigenvalue weighted by atomic mass is 32.2. The number of nitrogens with zero attached hydrogens (tertiary/aromatic N) is 1. The fourth-order valence-electron chi connectivity index (χ4n) is 0.561. The van der Waals surface area contributed by atoms with Crippen molar-refractivity contribution in [1.29, 1.82) is 0 Å². The van der Waals surface area contributed by atoms with Gasteiger partial charge in [0, 0.05) is 7.05 Å². The number of quaternary nitrogens is 1. The van der Waals surface area contributed by atoms with Crippen molar-refractivity contribution >= 4 is 16.9 Å². The van der Waals surface area contributed by atoms with Crippen LogP contribution < -0.4 is 5.32 Å². The van der Waals surface area contributed by atoms with Crippen LogP contribution in [0.4, 0.5) is 0 Å². The lowest BCUT2D eigenvalue weighted by Crippen LogP contribution is -2.84. The van der Waals surface area contributed by atoms with Crippen molar-refractivity contribution in [2.75, 3.05) is 19.3 Å². The van der Waals surface area contributed by atoms with E-state index < -0.39 is 0 Å². The molecule has 0 aromatic rings. The molecule has 1 aliphatic heterocycles. The Balaban J connectivity index is 2.41. The summed E-state index contributed by atoms with van der Waals surface area (Å²) in [5, 5.41) is 3.38. The first-order chi connectivity index (χ1) is 3.43. The molecule has 0 saturated carbocycles. The zero-order valence-corrected chi connectivity index (χ0v) is 5.16. The van der Waals surface area contributed by atoms with Gasteiger partial charge in [0.1, 0.15) is 0 Å². The summed E-state index contributed by atoms with van der Waals surface area (Å²) in [5.74, 6) is 1.23. The molecule has 7 heavy (non-hydrogen) atoms. The van der Waals surface area contributed by atoms with Crippen LogP contribution in [0.1, 0.15) is 0 Å². The summed E-state index contributed by atoms with van der Waals surface area (Å²) in [7, 11) is 1.84. The molecule has 0 atom stereocenters. The largest absolute Gasteiger partial charge is 0.291 e. The Morgan fingerprint density at radius 2 is 2.71 bits per heavy atom. The van der Waals surface area contributed by atoms with Gasteiger partial charge in [0.25, 0.3) is 5.17 Å². The van der Waals surface area contributed by atoms with Gasteiger partial charge in [-0.2, -0.15) is 0 Å². The lowest BCUT2D eigenvalue weighted by atomic mass is 10.8. The summed E-state index contributed by atoms with van der Waals surface area (Å²) in [5.41, 5.74) is 0. The predicted molar refractivity (Wildman–Crippen MR) is 32.6 cm³/mol. The van der Waals surface area contributed by atoms with E-state index in [1.807, 2.05) is 18.8 Å². The van der Waals surface area contributed by atoms with E-state index in [-0.39, 0.29) is 0 Å². The Kier molecular flexibility index (Phi) is 1.70. The molecule has 0 bridgehead atoms. The van der Waals surface area contributed by atoms with E-state index in [9.17, 15) is 0 Å². The van der Waals surface area contributed by atoms with Crippen LogP contribution >= 0.6 is 11.8 Å². The fourth-order valence-corrected chi connectivity index (χ4v) is 1.37. The second-order valence-electron chi connectivity index (χ2n) is 1.40. The molecule has 1 heterocycles. The van der Waals surface area contributed by atoms with E-state index in [4.69, 9.17) is 0 Å². The highest BCUT2D eigenvalue weighted by molar-refractivity contribution is 8.13. The van der Waals surface area contributed by atoms with Crippen LogP contribution in [0.25, 0.3) is 0 Å². The van der Waals surface area contributed by atoms with Gasteiger partial charge in [-0.05, 0) is 11.8 Å². The van der Waals surface area contributed by atoms with E-state index in [0.717, 1.165) is 0 Å². The van der Waals surface area contributed by atoms with Crippen molar-refractivity contribution in [1.82, 2.24) is 0 Å². The van der Waals surface area contributed by atoms with E-state index in [2.05, 4.69) is 10.3 Å². The van der Waals surface area contributed by atoms with Crippen molar-refractivity contribution in [2.24, 2.45) is 4.99 Å². The summed E-state index contributed by atoms with van der Waals surface area (Å²) in [6.45, 7) is 1.21. The highest BCUT2D eigenvalue weighted by Crippen LogP contribution is 1.98. The first-order valence-corrected chi connectivity index (χ1v) is 3.35. The number of amidine groups is 1. The molecule has 1 rings (SSSR count). The van der Waals surface area contributed by atoms with Crippen LogP contribution in [0.2, 0.25) is 0 Å². The molecular formula is C4H9N2S+. The monoisotopic (exact) mass is 117 g/mol. The van der Waals surface area contributed by atoms with Crippen LogP contribution in [-0.4, -0.2) is 24.5 Å². The zero-order chi connectivity index (χ0) is 5.11. The molecule has 2 N–H and O–H groups in total. The van der Waals surface area contributed by atoms with E-state index in [0.29, 0.717) is 0 Å². The van der Waals surface area contributed by atoms with Crippen molar-refractivity contribution in [2.45, 2.75) is 0 Å². The summed E-state index contributed by atoms with van der Waals surface area (Å²) >= 11 is 1.84. The number of hydrogen-bond acceptors (Lipinski definition) is 2. The Morgan fingerprint density at radius 1 is 1.86 bits per heavy atom. The first-order valence-electron chi connectivity index (χ1n) is 2.36. The second kappa shape index (κ2) is 2.33. The Labute approximate surface area is 47.4 Å². The second-order valence-corrected chi connectivity index (χ2v) is 2.52. The number of rotatable bonds is 0. The SMILES string of the molecule is CN=C1[NH2+]CCS1. The third-order valence-corrected chi connectivity index (χ3v) is 1.99. The molecule has 0 unspecified atom stereocenters. The molecule has 1 saturated heterocycles. The van der Waals surface area contributed by atoms with E-state index in [1.54, 1.807) is 0 Å². The van der Waals surface area contributed by atoms with Gasteiger partial charge in [-0.15, -0.1) is 0 Å². The number of thioether (sulfide) groups is 1. The van der Waals surface area contributed by atoms with Gasteiger partial charge in [0.05, 0.1) is 12.3 Å². The quantitative estimate of drug-likeness (QED) is 0.446. The maximum Gasteiger partial charge on any atom is 0.255 e. The predicted octanol–water partition coefficient (Wildman–Crippen LogP) is -0.718. The topological polar surface area (TPSA) is 29.0 Å². The zero-order valence-electron chi connectivity index (χ0n) is 4.35. The molecule has 0 aromatic heterocycles. The summed E-state index contributed by atoms with van der Waals surface area (Å²) < 4.78 is 0. The Hall–Kier alpha value is -0.0200. The Morgan fingerprint density at radius 3 is 3.00 bits per heavy atom. The lowest BCUT2D eigenvalue weighted by molar-refractivity contribution is -0.524. The smallest absolute Gasteiger partial charge is 0.255 e. The van der Waals surface area contributed by atoms with Crippen LogP contribution in [0.15, 0.2) is 4.99 Å². The van der Waals surface area contributed by atoms with Gasteiger partial charge >= 0.3 is 0 Å². The first kappa shape index (κ1) is 5.12. The molecule has 40 valence electrons. The standard InChI is InChI=1S/C4H8N2S/c1-5-4-6-2-3-7-4/h2-3H2,1H3,(H,5,6)/p+1. The normalized spacial score (nSPS) is 26.7. The summed E-state index contributed by atoms with van der Waals surface area (Å²) in [6.07, 6.45) is 0. The minimum absolute atomic E-state index is 1.21. The van der Waals surface area contributed by atoms with Crippen LogP contribution in [0.5, 0.6) is 0 Å². The molecule has 2 nitrogen and oxygen atoms in total. The van der Waals surface area contributed by atoms with Crippen LogP contribution in [-0.2, 0) is 0 Å². The van der Waals surface area contributed by atoms with Crippen molar-refractivity contribution in [3.8, 4) is 0 Å².